The van der Waals surface area contributed by atoms with Crippen LogP contribution in [0, 0.1) is 0 Å². The van der Waals surface area contributed by atoms with Gasteiger partial charge in [0.1, 0.15) is 0 Å². The van der Waals surface area contributed by atoms with E-state index in [4.69, 9.17) is 0 Å². The molecule has 0 fully saturated rings. The third kappa shape index (κ3) is 4.97. The number of nitrogens with zero attached hydrogens (tertiary/aromatic N) is 4. The number of hydrogen-bond acceptors (Lipinski definition) is 4. The fourth-order valence-corrected chi connectivity index (χ4v) is 2.83. The van der Waals surface area contributed by atoms with Crippen molar-refractivity contribution in [2.45, 2.75) is 0 Å². The molecule has 28 heavy (non-hydrogen) atoms. The number of fused-ring (bicyclic) bond motifs is 4. The molecule has 5 rings (SSSR count). The Hall–Kier alpha value is -2.24. The molecule has 0 N–H and O–H groups in total. The van der Waals surface area contributed by atoms with Crippen molar-refractivity contribution in [3.05, 3.63) is 95.7 Å². The van der Waals surface area contributed by atoms with Gasteiger partial charge in [0.05, 0.1) is 45.6 Å². The van der Waals surface area contributed by atoms with E-state index in [0.717, 1.165) is 45.6 Å². The minimum Gasteiger partial charge on any atom is -0.249 e. The second-order valence-electron chi connectivity index (χ2n) is 5.76. The molecular weight excluding hydrogens is 438 g/mol. The number of halogens is 4. The average Bonchev–Trinajstić information content (AvgIpc) is 3.32. The van der Waals surface area contributed by atoms with Crippen LogP contribution in [0.25, 0.3) is 0 Å². The van der Waals surface area contributed by atoms with Crippen LogP contribution in [-0.4, -0.2) is 22.8 Å². The Morgan fingerprint density at radius 2 is 0.536 bits per heavy atom. The minimum absolute atomic E-state index is 0. The average molecular weight is 454 g/mol. The van der Waals surface area contributed by atoms with Crippen molar-refractivity contribution < 1.29 is 0 Å². The van der Waals surface area contributed by atoms with E-state index in [0.29, 0.717) is 0 Å². The predicted octanol–water partition coefficient (Wildman–Crippen LogP) is 5.27. The molecule has 0 aromatic carbocycles. The highest BCUT2D eigenvalue weighted by atomic mass is 35.5. The summed E-state index contributed by atoms with van der Waals surface area (Å²) in [4.78, 5) is 18.4. The van der Waals surface area contributed by atoms with Gasteiger partial charge in [0.15, 0.2) is 0 Å². The molecule has 0 saturated carbocycles. The molecule has 0 aromatic rings. The van der Waals surface area contributed by atoms with Gasteiger partial charge in [-0.05, 0) is 72.9 Å². The van der Waals surface area contributed by atoms with Crippen LogP contribution in [0.4, 0.5) is 0 Å². The van der Waals surface area contributed by atoms with Gasteiger partial charge in [0, 0.05) is 0 Å². The summed E-state index contributed by atoms with van der Waals surface area (Å²) in [5.41, 5.74) is 7.15. The maximum Gasteiger partial charge on any atom is 0.0659 e. The van der Waals surface area contributed by atoms with Gasteiger partial charge in [-0.3, -0.25) is 0 Å². The van der Waals surface area contributed by atoms with Crippen molar-refractivity contribution in [1.29, 1.82) is 0 Å². The zero-order chi connectivity index (χ0) is 15.9. The van der Waals surface area contributed by atoms with Crippen molar-refractivity contribution in [2.75, 3.05) is 0 Å². The zero-order valence-electron chi connectivity index (χ0n) is 14.4. The van der Waals surface area contributed by atoms with Gasteiger partial charge >= 0.3 is 0 Å². The van der Waals surface area contributed by atoms with Gasteiger partial charge in [0.25, 0.3) is 0 Å². The van der Waals surface area contributed by atoms with Crippen molar-refractivity contribution in [3.63, 3.8) is 0 Å². The van der Waals surface area contributed by atoms with Crippen LogP contribution in [0.5, 0.6) is 0 Å². The van der Waals surface area contributed by atoms with Crippen LogP contribution in [0.3, 0.4) is 0 Å². The van der Waals surface area contributed by atoms with Crippen LogP contribution in [-0.2, 0) is 0 Å². The maximum atomic E-state index is 4.59. The topological polar surface area (TPSA) is 49.4 Å². The Morgan fingerprint density at radius 1 is 0.321 bits per heavy atom. The molecule has 0 aromatic heterocycles. The molecule has 8 bridgehead atoms. The number of aliphatic imine (C=N–C) groups is 4. The summed E-state index contributed by atoms with van der Waals surface area (Å²) in [6.45, 7) is 0. The fourth-order valence-electron chi connectivity index (χ4n) is 2.83. The maximum absolute atomic E-state index is 4.59. The molecule has 4 nitrogen and oxygen atoms in total. The van der Waals surface area contributed by atoms with E-state index in [1.807, 2.05) is 72.9 Å². The SMILES string of the molecule is C1=CC2=NC1=CC1=NC(=CC3=NC(=CC4=NC(=C2)C=C4)C=C3)C=C1.Cl.Cl.Cl.Cl. The van der Waals surface area contributed by atoms with Crippen molar-refractivity contribution in [2.24, 2.45) is 20.0 Å². The Morgan fingerprint density at radius 3 is 0.750 bits per heavy atom. The normalized spacial score (nSPS) is 19.4. The van der Waals surface area contributed by atoms with E-state index in [-0.39, 0.29) is 49.6 Å². The Kier molecular flexibility index (Phi) is 8.33. The lowest BCUT2D eigenvalue weighted by Gasteiger charge is -1.94. The third-order valence-corrected chi connectivity index (χ3v) is 3.92. The zero-order valence-corrected chi connectivity index (χ0v) is 17.6. The van der Waals surface area contributed by atoms with Gasteiger partial charge in [0.2, 0.25) is 0 Å². The largest absolute Gasteiger partial charge is 0.249 e. The molecule has 5 heterocycles. The monoisotopic (exact) mass is 452 g/mol. The van der Waals surface area contributed by atoms with Crippen LogP contribution in [0.15, 0.2) is 116 Å². The van der Waals surface area contributed by atoms with Gasteiger partial charge in [-0.2, -0.15) is 0 Å². The number of rotatable bonds is 0. The summed E-state index contributed by atoms with van der Waals surface area (Å²) < 4.78 is 0. The smallest absolute Gasteiger partial charge is 0.0659 e. The first-order chi connectivity index (χ1) is 11.8. The van der Waals surface area contributed by atoms with Gasteiger partial charge in [-0.25, -0.2) is 20.0 Å². The van der Waals surface area contributed by atoms with E-state index in [2.05, 4.69) is 20.0 Å². The molecule has 5 aliphatic rings. The van der Waals surface area contributed by atoms with Crippen LogP contribution in [0.1, 0.15) is 0 Å². The number of hydrogen-bond donors (Lipinski definition) is 0. The van der Waals surface area contributed by atoms with Crippen molar-refractivity contribution >= 4 is 72.5 Å². The molecule has 0 spiro atoms. The molecular formula is C20H16Cl4N4. The van der Waals surface area contributed by atoms with E-state index in [1.54, 1.807) is 0 Å². The fraction of sp³-hybridized carbons (Fsp3) is 0. The van der Waals surface area contributed by atoms with Gasteiger partial charge in [-0.15, -0.1) is 49.6 Å². The highest BCUT2D eigenvalue weighted by Crippen LogP contribution is 2.20. The van der Waals surface area contributed by atoms with Crippen LogP contribution < -0.4 is 0 Å². The summed E-state index contributed by atoms with van der Waals surface area (Å²) in [7, 11) is 0. The second-order valence-corrected chi connectivity index (χ2v) is 5.76. The first-order valence-corrected chi connectivity index (χ1v) is 7.74. The van der Waals surface area contributed by atoms with Gasteiger partial charge in [-0.1, -0.05) is 0 Å². The Bertz CT molecular complexity index is 858. The molecule has 8 heteroatoms. The van der Waals surface area contributed by atoms with Crippen LogP contribution in [0.2, 0.25) is 0 Å². The molecule has 5 aliphatic heterocycles. The van der Waals surface area contributed by atoms with Gasteiger partial charge < -0.3 is 0 Å². The van der Waals surface area contributed by atoms with E-state index in [9.17, 15) is 0 Å². The van der Waals surface area contributed by atoms with Crippen molar-refractivity contribution in [3.8, 4) is 0 Å². The quantitative estimate of drug-likeness (QED) is 0.480. The highest BCUT2D eigenvalue weighted by Gasteiger charge is 2.11. The Balaban J connectivity index is 0.000000980. The van der Waals surface area contributed by atoms with E-state index < -0.39 is 0 Å². The minimum atomic E-state index is 0. The first kappa shape index (κ1) is 23.8. The molecule has 0 atom stereocenters. The lowest BCUT2D eigenvalue weighted by molar-refractivity contribution is 1.41. The molecule has 0 radical (unpaired) electrons. The summed E-state index contributed by atoms with van der Waals surface area (Å²) >= 11 is 0. The lowest BCUT2D eigenvalue weighted by atomic mass is 10.2. The molecule has 144 valence electrons. The standard InChI is InChI=1S/C20H12N4.4ClH/c1-2-14-10-16-5-6-18(23-16)12-20-8-7-19(24-20)11-17-4-3-15(22-17)9-13(1)21-14;;;;/h1-12H;4*1H. The van der Waals surface area contributed by atoms with E-state index >= 15 is 0 Å². The molecule has 0 amide bonds. The predicted molar refractivity (Wildman–Crippen MR) is 128 cm³/mol. The molecule has 0 unspecified atom stereocenters. The summed E-state index contributed by atoms with van der Waals surface area (Å²) in [5, 5.41) is 0. The second kappa shape index (κ2) is 9.80. The summed E-state index contributed by atoms with van der Waals surface area (Å²) in [6.07, 6.45) is 23.8. The third-order valence-electron chi connectivity index (χ3n) is 3.92. The molecule has 0 saturated heterocycles. The summed E-state index contributed by atoms with van der Waals surface area (Å²) in [6, 6.07) is 0. The summed E-state index contributed by atoms with van der Waals surface area (Å²) in [5.74, 6) is 0. The van der Waals surface area contributed by atoms with Crippen LogP contribution >= 0.6 is 49.6 Å². The molecule has 0 aliphatic carbocycles. The number of allylic oxidation sites excluding steroid dienone is 12. The lowest BCUT2D eigenvalue weighted by Crippen LogP contribution is -1.89. The first-order valence-electron chi connectivity index (χ1n) is 7.74. The highest BCUT2D eigenvalue weighted by molar-refractivity contribution is 6.14. The van der Waals surface area contributed by atoms with E-state index in [1.165, 1.54) is 0 Å². The van der Waals surface area contributed by atoms with Crippen molar-refractivity contribution in [1.82, 2.24) is 0 Å². The Labute approximate surface area is 187 Å².